The molecule has 0 aromatic carbocycles. The van der Waals surface area contributed by atoms with E-state index in [1.807, 2.05) is 6.92 Å². The van der Waals surface area contributed by atoms with Gasteiger partial charge in [0.25, 0.3) is 5.91 Å². The summed E-state index contributed by atoms with van der Waals surface area (Å²) in [5, 5.41) is 17.5. The SMILES string of the molecule is COCCNC(=O)[C@@H](C)[C@H]1CC[C@]2(C)CC[C@H](NC(=O)c3ccccn3)[C@H](C)[C@@H]2[C@H]1O. The molecule has 2 saturated carbocycles. The molecule has 1 aromatic rings. The number of pyridine rings is 1. The van der Waals surface area contributed by atoms with Gasteiger partial charge in [-0.3, -0.25) is 14.6 Å². The number of hydrogen-bond acceptors (Lipinski definition) is 5. The molecule has 7 atom stereocenters. The Morgan fingerprint density at radius 2 is 2.06 bits per heavy atom. The zero-order chi connectivity index (χ0) is 22.6. The molecule has 0 aliphatic heterocycles. The van der Waals surface area contributed by atoms with Crippen LogP contribution in [0.25, 0.3) is 0 Å². The molecule has 1 heterocycles. The van der Waals surface area contributed by atoms with Crippen LogP contribution in [-0.4, -0.2) is 54.3 Å². The second-order valence-electron chi connectivity index (χ2n) is 9.64. The zero-order valence-corrected chi connectivity index (χ0v) is 19.1. The lowest BCUT2D eigenvalue weighted by molar-refractivity contribution is -0.142. The van der Waals surface area contributed by atoms with Gasteiger partial charge in [-0.2, -0.15) is 0 Å². The van der Waals surface area contributed by atoms with E-state index in [0.717, 1.165) is 25.7 Å². The summed E-state index contributed by atoms with van der Waals surface area (Å²) in [6.45, 7) is 7.24. The number of nitrogens with one attached hydrogen (secondary N) is 2. The zero-order valence-electron chi connectivity index (χ0n) is 19.1. The number of aliphatic hydroxyl groups excluding tert-OH is 1. The molecule has 172 valence electrons. The molecular formula is C24H37N3O4. The first-order valence-electron chi connectivity index (χ1n) is 11.4. The number of rotatable bonds is 7. The third-order valence-electron chi connectivity index (χ3n) is 7.76. The lowest BCUT2D eigenvalue weighted by atomic mass is 9.51. The van der Waals surface area contributed by atoms with Crippen molar-refractivity contribution in [1.29, 1.82) is 0 Å². The molecule has 0 spiro atoms. The van der Waals surface area contributed by atoms with E-state index in [-0.39, 0.29) is 46.9 Å². The average molecular weight is 432 g/mol. The minimum absolute atomic E-state index is 0.0215. The fraction of sp³-hybridized carbons (Fsp3) is 0.708. The summed E-state index contributed by atoms with van der Waals surface area (Å²) >= 11 is 0. The fourth-order valence-corrected chi connectivity index (χ4v) is 5.87. The van der Waals surface area contributed by atoms with E-state index < -0.39 is 6.10 Å². The number of carbonyl (C=O) groups is 2. The molecule has 2 fully saturated rings. The van der Waals surface area contributed by atoms with Gasteiger partial charge in [-0.1, -0.05) is 26.8 Å². The molecule has 2 amide bonds. The standard InChI is InChI=1S/C24H37N3O4/c1-15(22(29)26-13-14-31-4)17-8-10-24(3)11-9-18(16(2)20(24)21(17)28)27-23(30)19-7-5-6-12-25-19/h5-7,12,15-18,20-21,28H,8-11,13-14H2,1-4H3,(H,26,29)(H,27,30)/t15-,16-,17+,18-,20+,21-,24+/m0/s1. The minimum Gasteiger partial charge on any atom is -0.392 e. The van der Waals surface area contributed by atoms with Gasteiger partial charge in [0.2, 0.25) is 5.91 Å². The van der Waals surface area contributed by atoms with Crippen LogP contribution < -0.4 is 10.6 Å². The van der Waals surface area contributed by atoms with Gasteiger partial charge in [0.05, 0.1) is 12.7 Å². The van der Waals surface area contributed by atoms with Crippen molar-refractivity contribution < 1.29 is 19.4 Å². The van der Waals surface area contributed by atoms with Gasteiger partial charge in [0, 0.05) is 31.8 Å². The van der Waals surface area contributed by atoms with Crippen LogP contribution >= 0.6 is 0 Å². The summed E-state index contributed by atoms with van der Waals surface area (Å²) in [6, 6.07) is 5.28. The molecule has 7 nitrogen and oxygen atoms in total. The summed E-state index contributed by atoms with van der Waals surface area (Å²) in [7, 11) is 1.61. The predicted octanol–water partition coefficient (Wildman–Crippen LogP) is 2.40. The normalized spacial score (nSPS) is 33.8. The molecule has 2 aliphatic carbocycles. The molecule has 3 N–H and O–H groups in total. The van der Waals surface area contributed by atoms with Gasteiger partial charge >= 0.3 is 0 Å². The number of fused-ring (bicyclic) bond motifs is 1. The number of nitrogens with zero attached hydrogens (tertiary/aromatic N) is 1. The van der Waals surface area contributed by atoms with Crippen molar-refractivity contribution in [2.45, 2.75) is 58.6 Å². The first kappa shape index (κ1) is 23.7. The van der Waals surface area contributed by atoms with Crippen LogP contribution in [0.15, 0.2) is 24.4 Å². The largest absolute Gasteiger partial charge is 0.392 e. The van der Waals surface area contributed by atoms with Crippen LogP contribution in [0, 0.1) is 29.1 Å². The van der Waals surface area contributed by atoms with Crippen molar-refractivity contribution in [2.75, 3.05) is 20.3 Å². The summed E-state index contributed by atoms with van der Waals surface area (Å²) in [5.41, 5.74) is 0.430. The maximum absolute atomic E-state index is 12.7. The van der Waals surface area contributed by atoms with Crippen LogP contribution in [0.1, 0.15) is 56.9 Å². The molecule has 0 bridgehead atoms. The molecule has 1 aromatic heterocycles. The fourth-order valence-electron chi connectivity index (χ4n) is 5.87. The summed E-state index contributed by atoms with van der Waals surface area (Å²) in [5.74, 6) is -0.432. The smallest absolute Gasteiger partial charge is 0.270 e. The monoisotopic (exact) mass is 431 g/mol. The summed E-state index contributed by atoms with van der Waals surface area (Å²) < 4.78 is 5.01. The Bertz CT molecular complexity index is 758. The summed E-state index contributed by atoms with van der Waals surface area (Å²) in [4.78, 5) is 29.4. The molecule has 0 saturated heterocycles. The van der Waals surface area contributed by atoms with E-state index in [2.05, 4.69) is 29.5 Å². The van der Waals surface area contributed by atoms with Crippen molar-refractivity contribution in [1.82, 2.24) is 15.6 Å². The minimum atomic E-state index is -0.577. The lowest BCUT2D eigenvalue weighted by Crippen LogP contribution is -2.58. The van der Waals surface area contributed by atoms with Crippen LogP contribution in [-0.2, 0) is 9.53 Å². The lowest BCUT2D eigenvalue weighted by Gasteiger charge is -2.56. The van der Waals surface area contributed by atoms with Gasteiger partial charge in [-0.15, -0.1) is 0 Å². The van der Waals surface area contributed by atoms with Crippen LogP contribution in [0.5, 0.6) is 0 Å². The Labute approximate surface area is 185 Å². The highest BCUT2D eigenvalue weighted by molar-refractivity contribution is 5.92. The number of carbonyl (C=O) groups excluding carboxylic acids is 2. The molecule has 0 unspecified atom stereocenters. The molecule has 31 heavy (non-hydrogen) atoms. The third kappa shape index (κ3) is 5.09. The van der Waals surface area contributed by atoms with Crippen LogP contribution in [0.2, 0.25) is 0 Å². The molecule has 0 radical (unpaired) electrons. The molecular weight excluding hydrogens is 394 g/mol. The number of aliphatic hydroxyl groups is 1. The highest BCUT2D eigenvalue weighted by Gasteiger charge is 2.53. The molecule has 2 aliphatic rings. The Morgan fingerprint density at radius 1 is 1.32 bits per heavy atom. The van der Waals surface area contributed by atoms with Crippen molar-refractivity contribution in [3.63, 3.8) is 0 Å². The second-order valence-corrected chi connectivity index (χ2v) is 9.64. The van der Waals surface area contributed by atoms with Gasteiger partial charge < -0.3 is 20.5 Å². The number of amides is 2. The summed E-state index contributed by atoms with van der Waals surface area (Å²) in [6.07, 6.45) is 4.70. The Hall–Kier alpha value is -1.99. The first-order chi connectivity index (χ1) is 14.8. The van der Waals surface area contributed by atoms with E-state index in [1.54, 1.807) is 31.5 Å². The third-order valence-corrected chi connectivity index (χ3v) is 7.76. The first-order valence-corrected chi connectivity index (χ1v) is 11.4. The molecule has 7 heteroatoms. The van der Waals surface area contributed by atoms with Crippen molar-refractivity contribution >= 4 is 11.8 Å². The van der Waals surface area contributed by atoms with Crippen molar-refractivity contribution in [3.8, 4) is 0 Å². The number of methoxy groups -OCH3 is 1. The highest BCUT2D eigenvalue weighted by atomic mass is 16.5. The van der Waals surface area contributed by atoms with E-state index in [4.69, 9.17) is 4.74 Å². The van der Waals surface area contributed by atoms with Gasteiger partial charge in [0.15, 0.2) is 0 Å². The highest BCUT2D eigenvalue weighted by Crippen LogP contribution is 2.55. The van der Waals surface area contributed by atoms with Crippen LogP contribution in [0.4, 0.5) is 0 Å². The number of aromatic nitrogens is 1. The Morgan fingerprint density at radius 3 is 2.74 bits per heavy atom. The molecule has 3 rings (SSSR count). The number of ether oxygens (including phenoxy) is 1. The average Bonchev–Trinajstić information content (AvgIpc) is 2.76. The maximum atomic E-state index is 12.7. The van der Waals surface area contributed by atoms with E-state index in [0.29, 0.717) is 18.8 Å². The van der Waals surface area contributed by atoms with Crippen LogP contribution in [0.3, 0.4) is 0 Å². The van der Waals surface area contributed by atoms with Crippen molar-refractivity contribution in [2.24, 2.45) is 29.1 Å². The van der Waals surface area contributed by atoms with E-state index in [9.17, 15) is 14.7 Å². The predicted molar refractivity (Wildman–Crippen MR) is 118 cm³/mol. The quantitative estimate of drug-likeness (QED) is 0.576. The Balaban J connectivity index is 1.70. The maximum Gasteiger partial charge on any atom is 0.270 e. The van der Waals surface area contributed by atoms with Gasteiger partial charge in [0.1, 0.15) is 5.69 Å². The van der Waals surface area contributed by atoms with Gasteiger partial charge in [-0.05, 0) is 61.0 Å². The number of hydrogen-bond donors (Lipinski definition) is 3. The van der Waals surface area contributed by atoms with Crippen molar-refractivity contribution in [3.05, 3.63) is 30.1 Å². The second kappa shape index (κ2) is 10.1. The topological polar surface area (TPSA) is 101 Å². The van der Waals surface area contributed by atoms with E-state index in [1.165, 1.54) is 0 Å². The van der Waals surface area contributed by atoms with E-state index >= 15 is 0 Å². The Kier molecular flexibility index (Phi) is 7.70. The van der Waals surface area contributed by atoms with Gasteiger partial charge in [-0.25, -0.2) is 0 Å².